The molecule has 0 saturated carbocycles. The minimum absolute atomic E-state index is 0.0437. The molecule has 2 aromatic rings. The van der Waals surface area contributed by atoms with Crippen LogP contribution in [0.3, 0.4) is 0 Å². The van der Waals surface area contributed by atoms with Gasteiger partial charge in [0.2, 0.25) is 0 Å². The van der Waals surface area contributed by atoms with Crippen LogP contribution < -0.4 is 0 Å². The Labute approximate surface area is 124 Å². The maximum Gasteiger partial charge on any atom is 0.258 e. The number of halogens is 1. The Morgan fingerprint density at radius 2 is 2.40 bits per heavy atom. The molecule has 0 aromatic carbocycles. The molecule has 1 saturated heterocycles. The van der Waals surface area contributed by atoms with Crippen molar-refractivity contribution in [3.8, 4) is 0 Å². The van der Waals surface area contributed by atoms with Gasteiger partial charge in [0.15, 0.2) is 10.5 Å². The zero-order valence-corrected chi connectivity index (χ0v) is 12.7. The molecule has 1 aliphatic heterocycles. The average Bonchev–Trinajstić information content (AvgIpc) is 3.07. The molecule has 1 aliphatic rings. The Kier molecular flexibility index (Phi) is 3.60. The van der Waals surface area contributed by atoms with Crippen LogP contribution in [0.1, 0.15) is 47.3 Å². The molecule has 106 valence electrons. The zero-order chi connectivity index (χ0) is 14.1. The smallest absolute Gasteiger partial charge is 0.258 e. The first-order chi connectivity index (χ1) is 9.66. The maximum absolute atomic E-state index is 12.6. The number of amides is 1. The Bertz CT molecular complexity index is 621. The summed E-state index contributed by atoms with van der Waals surface area (Å²) < 4.78 is 5.62. The average molecular weight is 339 g/mol. The molecule has 0 spiro atoms. The van der Waals surface area contributed by atoms with Crippen molar-refractivity contribution in [1.82, 2.24) is 20.1 Å². The fourth-order valence-corrected chi connectivity index (χ4v) is 2.96. The molecule has 1 fully saturated rings. The highest BCUT2D eigenvalue weighted by Crippen LogP contribution is 2.31. The van der Waals surface area contributed by atoms with E-state index in [1.165, 1.54) is 6.26 Å². The molecule has 6 nitrogen and oxygen atoms in total. The molecular formula is C13H15BrN4O2. The quantitative estimate of drug-likeness (QED) is 0.913. The SMILES string of the molecule is Cc1nc([C@H]2CCCCN2C(=O)c2ccoc2Br)n[nH]1. The van der Waals surface area contributed by atoms with Gasteiger partial charge in [-0.2, -0.15) is 5.10 Å². The minimum Gasteiger partial charge on any atom is -0.457 e. The van der Waals surface area contributed by atoms with Crippen LogP contribution >= 0.6 is 15.9 Å². The van der Waals surface area contributed by atoms with E-state index in [1.807, 2.05) is 11.8 Å². The van der Waals surface area contributed by atoms with Crippen LogP contribution in [-0.4, -0.2) is 32.5 Å². The van der Waals surface area contributed by atoms with E-state index in [9.17, 15) is 4.79 Å². The van der Waals surface area contributed by atoms with Crippen LogP contribution in [0.15, 0.2) is 21.4 Å². The predicted molar refractivity (Wildman–Crippen MR) is 75.2 cm³/mol. The lowest BCUT2D eigenvalue weighted by atomic mass is 10.0. The molecule has 7 heteroatoms. The van der Waals surface area contributed by atoms with E-state index in [0.29, 0.717) is 22.6 Å². The Morgan fingerprint density at radius 1 is 1.55 bits per heavy atom. The van der Waals surface area contributed by atoms with Gasteiger partial charge in [0.1, 0.15) is 5.82 Å². The molecule has 0 radical (unpaired) electrons. The predicted octanol–water partition coefficient (Wildman–Crippen LogP) is 2.84. The summed E-state index contributed by atoms with van der Waals surface area (Å²) in [6.45, 7) is 2.58. The lowest BCUT2D eigenvalue weighted by Gasteiger charge is -2.33. The van der Waals surface area contributed by atoms with Crippen molar-refractivity contribution in [2.75, 3.05) is 6.54 Å². The number of rotatable bonds is 2. The summed E-state index contributed by atoms with van der Waals surface area (Å²) >= 11 is 3.26. The monoisotopic (exact) mass is 338 g/mol. The summed E-state index contributed by atoms with van der Waals surface area (Å²) in [7, 11) is 0. The fraction of sp³-hybridized carbons (Fsp3) is 0.462. The second-order valence-electron chi connectivity index (χ2n) is 4.90. The van der Waals surface area contributed by atoms with Gasteiger partial charge in [-0.05, 0) is 48.2 Å². The maximum atomic E-state index is 12.6. The van der Waals surface area contributed by atoms with Crippen molar-refractivity contribution in [2.45, 2.75) is 32.2 Å². The number of hydrogen-bond acceptors (Lipinski definition) is 4. The molecule has 1 atom stereocenters. The van der Waals surface area contributed by atoms with Gasteiger partial charge in [0.25, 0.3) is 5.91 Å². The number of piperidine rings is 1. The van der Waals surface area contributed by atoms with Gasteiger partial charge >= 0.3 is 0 Å². The van der Waals surface area contributed by atoms with E-state index in [2.05, 4.69) is 31.1 Å². The summed E-state index contributed by atoms with van der Waals surface area (Å²) in [5, 5.41) is 7.06. The number of H-pyrrole nitrogens is 1. The first kappa shape index (κ1) is 13.4. The van der Waals surface area contributed by atoms with Crippen molar-refractivity contribution in [1.29, 1.82) is 0 Å². The van der Waals surface area contributed by atoms with Crippen LogP contribution in [0.5, 0.6) is 0 Å². The second kappa shape index (κ2) is 5.40. The number of aryl methyl sites for hydroxylation is 1. The van der Waals surface area contributed by atoms with Gasteiger partial charge < -0.3 is 9.32 Å². The third-order valence-electron chi connectivity index (χ3n) is 3.52. The van der Waals surface area contributed by atoms with Crippen molar-refractivity contribution < 1.29 is 9.21 Å². The Balaban J connectivity index is 1.89. The molecule has 0 bridgehead atoms. The number of furan rings is 1. The second-order valence-corrected chi connectivity index (χ2v) is 5.62. The summed E-state index contributed by atoms with van der Waals surface area (Å²) in [5.41, 5.74) is 0.546. The lowest BCUT2D eigenvalue weighted by molar-refractivity contribution is 0.0598. The number of nitrogens with zero attached hydrogens (tertiary/aromatic N) is 3. The topological polar surface area (TPSA) is 75.0 Å². The summed E-state index contributed by atoms with van der Waals surface area (Å²) in [6, 6.07) is 1.62. The van der Waals surface area contributed by atoms with E-state index in [-0.39, 0.29) is 11.9 Å². The van der Waals surface area contributed by atoms with Crippen LogP contribution in [0.25, 0.3) is 0 Å². The van der Waals surface area contributed by atoms with E-state index in [1.54, 1.807) is 6.07 Å². The van der Waals surface area contributed by atoms with Crippen molar-refractivity contribution in [3.63, 3.8) is 0 Å². The molecule has 3 heterocycles. The normalized spacial score (nSPS) is 19.3. The number of aromatic amines is 1. The molecule has 1 N–H and O–H groups in total. The molecule has 2 aromatic heterocycles. The van der Waals surface area contributed by atoms with Gasteiger partial charge in [-0.15, -0.1) is 0 Å². The summed E-state index contributed by atoms with van der Waals surface area (Å²) in [5.74, 6) is 1.41. The number of aromatic nitrogens is 3. The van der Waals surface area contributed by atoms with Crippen LogP contribution in [0.4, 0.5) is 0 Å². The van der Waals surface area contributed by atoms with E-state index < -0.39 is 0 Å². The molecular weight excluding hydrogens is 324 g/mol. The lowest BCUT2D eigenvalue weighted by Crippen LogP contribution is -2.39. The number of nitrogens with one attached hydrogen (secondary N) is 1. The molecule has 20 heavy (non-hydrogen) atoms. The summed E-state index contributed by atoms with van der Waals surface area (Å²) in [4.78, 5) is 18.9. The standard InChI is InChI=1S/C13H15BrN4O2/c1-8-15-12(17-16-8)10-4-2-3-6-18(10)13(19)9-5-7-20-11(9)14/h5,7,10H,2-4,6H2,1H3,(H,15,16,17)/t10-/m1/s1. The van der Waals surface area contributed by atoms with Crippen LogP contribution in [0.2, 0.25) is 0 Å². The van der Waals surface area contributed by atoms with E-state index in [0.717, 1.165) is 25.1 Å². The van der Waals surface area contributed by atoms with E-state index >= 15 is 0 Å². The highest BCUT2D eigenvalue weighted by molar-refractivity contribution is 9.10. The fourth-order valence-electron chi connectivity index (χ4n) is 2.55. The summed E-state index contributed by atoms with van der Waals surface area (Å²) in [6.07, 6.45) is 4.47. The van der Waals surface area contributed by atoms with E-state index in [4.69, 9.17) is 4.42 Å². The number of carbonyl (C=O) groups is 1. The highest BCUT2D eigenvalue weighted by Gasteiger charge is 2.32. The number of carbonyl (C=O) groups excluding carboxylic acids is 1. The van der Waals surface area contributed by atoms with Gasteiger partial charge in [0, 0.05) is 6.54 Å². The number of likely N-dealkylation sites (tertiary alicyclic amines) is 1. The van der Waals surface area contributed by atoms with Gasteiger partial charge in [-0.1, -0.05) is 0 Å². The minimum atomic E-state index is -0.0667. The zero-order valence-electron chi connectivity index (χ0n) is 11.1. The van der Waals surface area contributed by atoms with Crippen LogP contribution in [0, 0.1) is 6.92 Å². The Hall–Kier alpha value is -1.63. The Morgan fingerprint density at radius 3 is 3.05 bits per heavy atom. The van der Waals surface area contributed by atoms with Crippen LogP contribution in [-0.2, 0) is 0 Å². The number of hydrogen-bond donors (Lipinski definition) is 1. The van der Waals surface area contributed by atoms with Gasteiger partial charge in [0.05, 0.1) is 17.9 Å². The van der Waals surface area contributed by atoms with Crippen molar-refractivity contribution in [3.05, 3.63) is 34.2 Å². The molecule has 0 unspecified atom stereocenters. The third-order valence-corrected chi connectivity index (χ3v) is 4.14. The van der Waals surface area contributed by atoms with Crippen molar-refractivity contribution in [2.24, 2.45) is 0 Å². The largest absolute Gasteiger partial charge is 0.457 e. The highest BCUT2D eigenvalue weighted by atomic mass is 79.9. The molecule has 1 amide bonds. The molecule has 0 aliphatic carbocycles. The van der Waals surface area contributed by atoms with Gasteiger partial charge in [-0.25, -0.2) is 4.98 Å². The molecule has 3 rings (SSSR count). The first-order valence-electron chi connectivity index (χ1n) is 6.59. The first-order valence-corrected chi connectivity index (χ1v) is 7.39. The third kappa shape index (κ3) is 2.37. The van der Waals surface area contributed by atoms with Gasteiger partial charge in [-0.3, -0.25) is 9.89 Å². The van der Waals surface area contributed by atoms with Crippen molar-refractivity contribution >= 4 is 21.8 Å².